The van der Waals surface area contributed by atoms with Crippen LogP contribution in [0.1, 0.15) is 22.5 Å². The van der Waals surface area contributed by atoms with Crippen molar-refractivity contribution in [1.82, 2.24) is 0 Å². The van der Waals surface area contributed by atoms with Crippen molar-refractivity contribution >= 4 is 5.78 Å². The normalized spacial score (nSPS) is 10.5. The van der Waals surface area contributed by atoms with E-state index < -0.39 is 17.4 Å². The molecule has 0 aliphatic heterocycles. The van der Waals surface area contributed by atoms with E-state index in [4.69, 9.17) is 4.42 Å². The maximum Gasteiger partial charge on any atom is 0.169 e. The second-order valence-corrected chi connectivity index (χ2v) is 3.60. The summed E-state index contributed by atoms with van der Waals surface area (Å²) < 4.78 is 31.3. The molecule has 17 heavy (non-hydrogen) atoms. The number of benzene rings is 1. The number of carbonyl (C=O) groups excluding carboxylic acids is 1. The smallest absolute Gasteiger partial charge is 0.169 e. The molecule has 88 valence electrons. The zero-order valence-corrected chi connectivity index (χ0v) is 8.95. The van der Waals surface area contributed by atoms with Crippen LogP contribution in [0.15, 0.2) is 41.0 Å². The molecule has 0 unspecified atom stereocenters. The summed E-state index contributed by atoms with van der Waals surface area (Å²) in [7, 11) is 0. The standard InChI is InChI=1S/C13H10F2O2/c14-11-5-1-4-10(13(11)15)12(16)7-6-9-3-2-8-17-9/h1-5,8H,6-7H2. The van der Waals surface area contributed by atoms with Crippen molar-refractivity contribution < 1.29 is 18.0 Å². The van der Waals surface area contributed by atoms with Gasteiger partial charge >= 0.3 is 0 Å². The van der Waals surface area contributed by atoms with Gasteiger partial charge in [-0.2, -0.15) is 0 Å². The van der Waals surface area contributed by atoms with Gasteiger partial charge in [0.2, 0.25) is 0 Å². The molecule has 0 saturated heterocycles. The minimum Gasteiger partial charge on any atom is -0.469 e. The van der Waals surface area contributed by atoms with Gasteiger partial charge in [-0.25, -0.2) is 8.78 Å². The van der Waals surface area contributed by atoms with Gasteiger partial charge in [0.1, 0.15) is 5.76 Å². The Bertz CT molecular complexity index is 518. The van der Waals surface area contributed by atoms with E-state index in [0.717, 1.165) is 6.07 Å². The second-order valence-electron chi connectivity index (χ2n) is 3.60. The molecule has 2 nitrogen and oxygen atoms in total. The third-order valence-electron chi connectivity index (χ3n) is 2.43. The minimum atomic E-state index is -1.09. The number of halogens is 2. The monoisotopic (exact) mass is 236 g/mol. The summed E-state index contributed by atoms with van der Waals surface area (Å²) in [6, 6.07) is 7.03. The SMILES string of the molecule is O=C(CCc1ccco1)c1cccc(F)c1F. The zero-order chi connectivity index (χ0) is 12.3. The van der Waals surface area contributed by atoms with Gasteiger partial charge in [-0.1, -0.05) is 6.07 Å². The molecule has 2 aromatic rings. The molecule has 0 atom stereocenters. The Balaban J connectivity index is 2.07. The summed E-state index contributed by atoms with van der Waals surface area (Å²) in [5, 5.41) is 0. The highest BCUT2D eigenvalue weighted by molar-refractivity contribution is 5.96. The topological polar surface area (TPSA) is 30.2 Å². The van der Waals surface area contributed by atoms with Gasteiger partial charge in [-0.15, -0.1) is 0 Å². The molecule has 0 aliphatic carbocycles. The highest BCUT2D eigenvalue weighted by atomic mass is 19.2. The first kappa shape index (κ1) is 11.5. The summed E-state index contributed by atoms with van der Waals surface area (Å²) in [4.78, 5) is 11.7. The predicted octanol–water partition coefficient (Wildman–Crippen LogP) is 3.37. The molecule has 1 aromatic heterocycles. The lowest BCUT2D eigenvalue weighted by molar-refractivity contribution is 0.0976. The van der Waals surface area contributed by atoms with Gasteiger partial charge < -0.3 is 4.42 Å². The van der Waals surface area contributed by atoms with Crippen LogP contribution in [0, 0.1) is 11.6 Å². The van der Waals surface area contributed by atoms with Crippen molar-refractivity contribution in [1.29, 1.82) is 0 Å². The maximum absolute atomic E-state index is 13.3. The molecular formula is C13H10F2O2. The van der Waals surface area contributed by atoms with Crippen molar-refractivity contribution in [2.75, 3.05) is 0 Å². The average molecular weight is 236 g/mol. The van der Waals surface area contributed by atoms with Crippen LogP contribution < -0.4 is 0 Å². The molecule has 0 bridgehead atoms. The molecule has 0 aliphatic rings. The maximum atomic E-state index is 13.3. The molecule has 0 saturated carbocycles. The molecule has 0 fully saturated rings. The summed E-state index contributed by atoms with van der Waals surface area (Å²) in [6.45, 7) is 0. The van der Waals surface area contributed by atoms with Gasteiger partial charge in [0.05, 0.1) is 11.8 Å². The Kier molecular flexibility index (Phi) is 3.32. The van der Waals surface area contributed by atoms with Crippen LogP contribution in [0.5, 0.6) is 0 Å². The van der Waals surface area contributed by atoms with Gasteiger partial charge in [-0.3, -0.25) is 4.79 Å². The van der Waals surface area contributed by atoms with Crippen LogP contribution in [0.3, 0.4) is 0 Å². The average Bonchev–Trinajstić information content (AvgIpc) is 2.82. The first-order valence-corrected chi connectivity index (χ1v) is 5.18. The fraction of sp³-hybridized carbons (Fsp3) is 0.154. The van der Waals surface area contributed by atoms with Gasteiger partial charge in [-0.05, 0) is 24.3 Å². The van der Waals surface area contributed by atoms with Crippen molar-refractivity contribution in [3.05, 3.63) is 59.6 Å². The van der Waals surface area contributed by atoms with E-state index in [1.807, 2.05) is 0 Å². The van der Waals surface area contributed by atoms with Crippen LogP contribution in [-0.4, -0.2) is 5.78 Å². The number of Topliss-reactive ketones (excluding diaryl/α,β-unsaturated/α-hetero) is 1. The molecule has 4 heteroatoms. The fourth-order valence-corrected chi connectivity index (χ4v) is 1.55. The van der Waals surface area contributed by atoms with Crippen LogP contribution >= 0.6 is 0 Å². The molecule has 1 heterocycles. The lowest BCUT2D eigenvalue weighted by Gasteiger charge is -2.02. The molecule has 0 N–H and O–H groups in total. The Labute approximate surface area is 96.9 Å². The van der Waals surface area contributed by atoms with E-state index in [1.54, 1.807) is 12.1 Å². The van der Waals surface area contributed by atoms with Crippen LogP contribution in [-0.2, 0) is 6.42 Å². The molecule has 0 spiro atoms. The Morgan fingerprint density at radius 1 is 1.18 bits per heavy atom. The van der Waals surface area contributed by atoms with Crippen molar-refractivity contribution in [2.45, 2.75) is 12.8 Å². The Morgan fingerprint density at radius 3 is 2.71 bits per heavy atom. The number of hydrogen-bond donors (Lipinski definition) is 0. The second kappa shape index (κ2) is 4.91. The number of hydrogen-bond acceptors (Lipinski definition) is 2. The summed E-state index contributed by atoms with van der Waals surface area (Å²) in [5.41, 5.74) is -0.212. The predicted molar refractivity (Wildman–Crippen MR) is 57.7 cm³/mol. The highest BCUT2D eigenvalue weighted by Gasteiger charge is 2.15. The number of furan rings is 1. The van der Waals surface area contributed by atoms with E-state index in [-0.39, 0.29) is 12.0 Å². The van der Waals surface area contributed by atoms with Gasteiger partial charge in [0.25, 0.3) is 0 Å². The summed E-state index contributed by atoms with van der Waals surface area (Å²) in [6.07, 6.45) is 1.97. The summed E-state index contributed by atoms with van der Waals surface area (Å²) >= 11 is 0. The van der Waals surface area contributed by atoms with E-state index in [0.29, 0.717) is 12.2 Å². The zero-order valence-electron chi connectivity index (χ0n) is 8.95. The van der Waals surface area contributed by atoms with Gasteiger partial charge in [0.15, 0.2) is 17.4 Å². The van der Waals surface area contributed by atoms with Crippen molar-refractivity contribution in [3.8, 4) is 0 Å². The highest BCUT2D eigenvalue weighted by Crippen LogP contribution is 2.15. The molecule has 1 aromatic carbocycles. The number of rotatable bonds is 4. The third kappa shape index (κ3) is 2.58. The Hall–Kier alpha value is -1.97. The van der Waals surface area contributed by atoms with Gasteiger partial charge in [0, 0.05) is 12.8 Å². The Morgan fingerprint density at radius 2 is 2.00 bits per heavy atom. The van der Waals surface area contributed by atoms with E-state index in [2.05, 4.69) is 0 Å². The lowest BCUT2D eigenvalue weighted by atomic mass is 10.1. The fourth-order valence-electron chi connectivity index (χ4n) is 1.55. The minimum absolute atomic E-state index is 0.0912. The molecule has 2 rings (SSSR count). The van der Waals surface area contributed by atoms with E-state index in [9.17, 15) is 13.6 Å². The molecule has 0 amide bonds. The number of aryl methyl sites for hydroxylation is 1. The van der Waals surface area contributed by atoms with Crippen LogP contribution in [0.4, 0.5) is 8.78 Å². The first-order valence-electron chi connectivity index (χ1n) is 5.18. The quantitative estimate of drug-likeness (QED) is 0.762. The molecular weight excluding hydrogens is 226 g/mol. The van der Waals surface area contributed by atoms with E-state index >= 15 is 0 Å². The van der Waals surface area contributed by atoms with Crippen molar-refractivity contribution in [3.63, 3.8) is 0 Å². The third-order valence-corrected chi connectivity index (χ3v) is 2.43. The molecule has 0 radical (unpaired) electrons. The first-order chi connectivity index (χ1) is 8.18. The number of ketones is 1. The number of carbonyl (C=O) groups is 1. The summed E-state index contributed by atoms with van der Waals surface area (Å²) in [5.74, 6) is -1.88. The largest absolute Gasteiger partial charge is 0.469 e. The van der Waals surface area contributed by atoms with Crippen LogP contribution in [0.2, 0.25) is 0 Å². The van der Waals surface area contributed by atoms with E-state index in [1.165, 1.54) is 18.4 Å². The van der Waals surface area contributed by atoms with Crippen molar-refractivity contribution in [2.24, 2.45) is 0 Å². The van der Waals surface area contributed by atoms with Crippen LogP contribution in [0.25, 0.3) is 0 Å². The lowest BCUT2D eigenvalue weighted by Crippen LogP contribution is -2.05.